The summed E-state index contributed by atoms with van der Waals surface area (Å²) in [4.78, 5) is 17.5. The zero-order chi connectivity index (χ0) is 9.42. The highest BCUT2D eigenvalue weighted by molar-refractivity contribution is 6.43. The number of H-pyrrole nitrogens is 1. The van der Waals surface area contributed by atoms with Gasteiger partial charge in [0.05, 0.1) is 5.02 Å². The van der Waals surface area contributed by atoms with Crippen molar-refractivity contribution in [1.82, 2.24) is 9.97 Å². The van der Waals surface area contributed by atoms with Crippen LogP contribution in [0.25, 0.3) is 11.0 Å². The van der Waals surface area contributed by atoms with Crippen molar-refractivity contribution in [2.75, 3.05) is 0 Å². The van der Waals surface area contributed by atoms with E-state index in [1.165, 1.54) is 0 Å². The Morgan fingerprint density at radius 1 is 1.46 bits per heavy atom. The molecular formula is C8H4Cl2N2O. The minimum Gasteiger partial charge on any atom is -0.346 e. The Morgan fingerprint density at radius 2 is 2.23 bits per heavy atom. The molecule has 0 radical (unpaired) electrons. The Labute approximate surface area is 83.7 Å². The van der Waals surface area contributed by atoms with E-state index in [4.69, 9.17) is 23.2 Å². The van der Waals surface area contributed by atoms with E-state index < -0.39 is 0 Å². The molecule has 66 valence electrons. The molecule has 0 amide bonds. The zero-order valence-corrected chi connectivity index (χ0v) is 7.86. The Kier molecular flexibility index (Phi) is 1.98. The van der Waals surface area contributed by atoms with E-state index in [-0.39, 0.29) is 10.2 Å². The number of hydrogen-bond acceptors (Lipinski definition) is 2. The van der Waals surface area contributed by atoms with Gasteiger partial charge in [-0.15, -0.1) is 0 Å². The molecule has 5 heteroatoms. The van der Waals surface area contributed by atoms with Crippen molar-refractivity contribution in [2.24, 2.45) is 0 Å². The average Bonchev–Trinajstić information content (AvgIpc) is 2.54. The lowest BCUT2D eigenvalue weighted by atomic mass is 10.2. The van der Waals surface area contributed by atoms with Crippen LogP contribution in [0.1, 0.15) is 10.4 Å². The number of nitrogens with one attached hydrogen (secondary N) is 1. The van der Waals surface area contributed by atoms with Gasteiger partial charge in [-0.05, 0) is 6.07 Å². The summed E-state index contributed by atoms with van der Waals surface area (Å²) in [5.41, 5.74) is 0.939. The van der Waals surface area contributed by atoms with Gasteiger partial charge in [0, 0.05) is 17.1 Å². The van der Waals surface area contributed by atoms with Crippen molar-refractivity contribution < 1.29 is 4.79 Å². The van der Waals surface area contributed by atoms with Crippen LogP contribution in [0.15, 0.2) is 12.3 Å². The first kappa shape index (κ1) is 8.53. The quantitative estimate of drug-likeness (QED) is 0.587. The monoisotopic (exact) mass is 214 g/mol. The summed E-state index contributed by atoms with van der Waals surface area (Å²) < 4.78 is 0. The molecule has 13 heavy (non-hydrogen) atoms. The summed E-state index contributed by atoms with van der Waals surface area (Å²) in [5, 5.41) is 1.02. The second-order valence-corrected chi connectivity index (χ2v) is 3.22. The standard InChI is InChI=1S/C8H4Cl2N2O/c9-6-5(3-13)4-1-2-11-8(4)12-7(6)10/h1-3H,(H,11,12). The molecular weight excluding hydrogens is 211 g/mol. The average molecular weight is 215 g/mol. The fourth-order valence-electron chi connectivity index (χ4n) is 1.16. The lowest BCUT2D eigenvalue weighted by Gasteiger charge is -1.99. The van der Waals surface area contributed by atoms with Crippen LogP contribution in [0, 0.1) is 0 Å². The van der Waals surface area contributed by atoms with Crippen LogP contribution in [0.2, 0.25) is 10.2 Å². The van der Waals surface area contributed by atoms with Crippen molar-refractivity contribution in [1.29, 1.82) is 0 Å². The normalized spacial score (nSPS) is 10.6. The number of hydrogen-bond donors (Lipinski definition) is 1. The second-order valence-electron chi connectivity index (χ2n) is 2.49. The topological polar surface area (TPSA) is 45.8 Å². The lowest BCUT2D eigenvalue weighted by Crippen LogP contribution is -1.88. The molecule has 0 bridgehead atoms. The number of carbonyl (C=O) groups is 1. The van der Waals surface area contributed by atoms with E-state index in [0.717, 1.165) is 0 Å². The summed E-state index contributed by atoms with van der Waals surface area (Å²) in [5.74, 6) is 0. The molecule has 0 aliphatic heterocycles. The Balaban J connectivity index is 2.95. The van der Waals surface area contributed by atoms with Gasteiger partial charge in [-0.25, -0.2) is 4.98 Å². The van der Waals surface area contributed by atoms with Gasteiger partial charge < -0.3 is 4.98 Å². The van der Waals surface area contributed by atoms with Gasteiger partial charge in [0.2, 0.25) is 0 Å². The molecule has 2 heterocycles. The van der Waals surface area contributed by atoms with Crippen molar-refractivity contribution in [3.63, 3.8) is 0 Å². The molecule has 2 aromatic rings. The number of aromatic amines is 1. The maximum absolute atomic E-state index is 10.7. The van der Waals surface area contributed by atoms with Crippen molar-refractivity contribution in [3.05, 3.63) is 28.0 Å². The number of nitrogens with zero attached hydrogens (tertiary/aromatic N) is 1. The van der Waals surface area contributed by atoms with Gasteiger partial charge in [0.25, 0.3) is 0 Å². The van der Waals surface area contributed by atoms with Crippen molar-refractivity contribution in [3.8, 4) is 0 Å². The maximum atomic E-state index is 10.7. The van der Waals surface area contributed by atoms with E-state index in [2.05, 4.69) is 9.97 Å². The number of aldehydes is 1. The van der Waals surface area contributed by atoms with Crippen LogP contribution >= 0.6 is 23.2 Å². The molecule has 0 unspecified atom stereocenters. The van der Waals surface area contributed by atoms with Gasteiger partial charge in [0.1, 0.15) is 5.65 Å². The van der Waals surface area contributed by atoms with Crippen molar-refractivity contribution >= 4 is 40.5 Å². The third-order valence-electron chi connectivity index (χ3n) is 1.76. The third-order valence-corrected chi connectivity index (χ3v) is 2.51. The summed E-state index contributed by atoms with van der Waals surface area (Å²) in [6, 6.07) is 1.73. The molecule has 0 atom stereocenters. The van der Waals surface area contributed by atoms with Crippen LogP contribution in [-0.4, -0.2) is 16.3 Å². The van der Waals surface area contributed by atoms with E-state index in [0.29, 0.717) is 22.9 Å². The number of carbonyl (C=O) groups excluding carboxylic acids is 1. The minimum absolute atomic E-state index is 0.138. The molecule has 0 aromatic carbocycles. The first-order chi connectivity index (χ1) is 6.24. The van der Waals surface area contributed by atoms with Gasteiger partial charge >= 0.3 is 0 Å². The first-order valence-corrected chi connectivity index (χ1v) is 4.27. The number of halogens is 2. The lowest BCUT2D eigenvalue weighted by molar-refractivity contribution is 0.112. The van der Waals surface area contributed by atoms with E-state index in [9.17, 15) is 4.79 Å². The first-order valence-electron chi connectivity index (χ1n) is 3.51. The molecule has 1 N–H and O–H groups in total. The van der Waals surface area contributed by atoms with Crippen molar-refractivity contribution in [2.45, 2.75) is 0 Å². The molecule has 0 fully saturated rings. The second kappa shape index (κ2) is 3.01. The number of pyridine rings is 1. The molecule has 0 spiro atoms. The molecule has 0 aliphatic rings. The molecule has 0 aliphatic carbocycles. The highest BCUT2D eigenvalue weighted by Crippen LogP contribution is 2.28. The van der Waals surface area contributed by atoms with Gasteiger partial charge in [-0.1, -0.05) is 23.2 Å². The van der Waals surface area contributed by atoms with Crippen LogP contribution < -0.4 is 0 Å². The van der Waals surface area contributed by atoms with E-state index in [1.807, 2.05) is 0 Å². The molecule has 2 rings (SSSR count). The summed E-state index contributed by atoms with van der Waals surface area (Å²) in [7, 11) is 0. The SMILES string of the molecule is O=Cc1c(Cl)c(Cl)nc2[nH]ccc12. The molecule has 3 nitrogen and oxygen atoms in total. The Hall–Kier alpha value is -1.06. The largest absolute Gasteiger partial charge is 0.346 e. The van der Waals surface area contributed by atoms with Crippen LogP contribution in [-0.2, 0) is 0 Å². The number of fused-ring (bicyclic) bond motifs is 1. The smallest absolute Gasteiger partial charge is 0.152 e. The number of rotatable bonds is 1. The predicted octanol–water partition coefficient (Wildman–Crippen LogP) is 2.68. The van der Waals surface area contributed by atoms with Gasteiger partial charge in [0.15, 0.2) is 11.4 Å². The molecule has 2 aromatic heterocycles. The third kappa shape index (κ3) is 1.20. The predicted molar refractivity (Wildman–Crippen MR) is 51.5 cm³/mol. The van der Waals surface area contributed by atoms with Crippen LogP contribution in [0.3, 0.4) is 0 Å². The molecule has 0 saturated carbocycles. The van der Waals surface area contributed by atoms with E-state index in [1.54, 1.807) is 12.3 Å². The fourth-order valence-corrected chi connectivity index (χ4v) is 1.54. The van der Waals surface area contributed by atoms with E-state index >= 15 is 0 Å². The Bertz CT molecular complexity index is 478. The Morgan fingerprint density at radius 3 is 2.92 bits per heavy atom. The minimum atomic E-state index is 0.138. The van der Waals surface area contributed by atoms with Crippen LogP contribution in [0.4, 0.5) is 0 Å². The fraction of sp³-hybridized carbons (Fsp3) is 0. The highest BCUT2D eigenvalue weighted by Gasteiger charge is 2.11. The summed E-state index contributed by atoms with van der Waals surface area (Å²) in [6.07, 6.45) is 2.35. The molecule has 0 saturated heterocycles. The van der Waals surface area contributed by atoms with Gasteiger partial charge in [-0.2, -0.15) is 0 Å². The number of aromatic nitrogens is 2. The summed E-state index contributed by atoms with van der Waals surface area (Å²) in [6.45, 7) is 0. The van der Waals surface area contributed by atoms with Gasteiger partial charge in [-0.3, -0.25) is 4.79 Å². The highest BCUT2D eigenvalue weighted by atomic mass is 35.5. The van der Waals surface area contributed by atoms with Crippen LogP contribution in [0.5, 0.6) is 0 Å². The maximum Gasteiger partial charge on any atom is 0.152 e. The zero-order valence-electron chi connectivity index (χ0n) is 6.34. The summed E-state index contributed by atoms with van der Waals surface area (Å²) >= 11 is 11.5.